The maximum absolute atomic E-state index is 12.4. The van der Waals surface area contributed by atoms with E-state index in [2.05, 4.69) is 10.6 Å². The van der Waals surface area contributed by atoms with Gasteiger partial charge in [0, 0.05) is 5.54 Å². The molecule has 0 saturated heterocycles. The number of alkyl halides is 4. The van der Waals surface area contributed by atoms with Crippen molar-refractivity contribution in [3.8, 4) is 0 Å². The SMILES string of the molecule is CC(C)(C)NCCCNCC(F)(F)C(F)F. The largest absolute Gasteiger partial charge is 0.319 e. The van der Waals surface area contributed by atoms with Crippen molar-refractivity contribution in [2.75, 3.05) is 19.6 Å². The molecule has 16 heavy (non-hydrogen) atoms. The van der Waals surface area contributed by atoms with Gasteiger partial charge in [-0.05, 0) is 40.3 Å². The Kier molecular flexibility index (Phi) is 6.25. The summed E-state index contributed by atoms with van der Waals surface area (Å²) >= 11 is 0. The predicted molar refractivity (Wildman–Crippen MR) is 56.2 cm³/mol. The lowest BCUT2D eigenvalue weighted by atomic mass is 10.1. The molecule has 0 fully saturated rings. The predicted octanol–water partition coefficient (Wildman–Crippen LogP) is 2.25. The Hall–Kier alpha value is -0.360. The fourth-order valence-corrected chi connectivity index (χ4v) is 1.01. The molecule has 0 aliphatic heterocycles. The van der Waals surface area contributed by atoms with Gasteiger partial charge >= 0.3 is 12.3 Å². The summed E-state index contributed by atoms with van der Waals surface area (Å²) in [4.78, 5) is 0. The van der Waals surface area contributed by atoms with Crippen LogP contribution in [0, 0.1) is 0 Å². The molecule has 0 aromatic heterocycles. The Bertz CT molecular complexity index is 190. The first-order valence-corrected chi connectivity index (χ1v) is 5.27. The Labute approximate surface area is 93.8 Å². The molecule has 0 heterocycles. The van der Waals surface area contributed by atoms with E-state index in [-0.39, 0.29) is 5.54 Å². The summed E-state index contributed by atoms with van der Waals surface area (Å²) in [7, 11) is 0. The summed E-state index contributed by atoms with van der Waals surface area (Å²) < 4.78 is 48.3. The second-order valence-corrected chi connectivity index (χ2v) is 4.77. The quantitative estimate of drug-likeness (QED) is 0.530. The van der Waals surface area contributed by atoms with Crippen molar-refractivity contribution in [3.05, 3.63) is 0 Å². The van der Waals surface area contributed by atoms with Gasteiger partial charge in [-0.15, -0.1) is 0 Å². The van der Waals surface area contributed by atoms with Crippen molar-refractivity contribution in [3.63, 3.8) is 0 Å². The minimum absolute atomic E-state index is 0.0209. The maximum atomic E-state index is 12.4. The number of hydrogen-bond acceptors (Lipinski definition) is 2. The van der Waals surface area contributed by atoms with Crippen LogP contribution in [0.3, 0.4) is 0 Å². The molecule has 0 atom stereocenters. The van der Waals surface area contributed by atoms with Crippen molar-refractivity contribution >= 4 is 0 Å². The van der Waals surface area contributed by atoms with Gasteiger partial charge in [0.15, 0.2) is 0 Å². The van der Waals surface area contributed by atoms with Crippen LogP contribution in [0.5, 0.6) is 0 Å². The third-order valence-corrected chi connectivity index (χ3v) is 1.87. The molecule has 0 amide bonds. The van der Waals surface area contributed by atoms with Crippen LogP contribution in [0.25, 0.3) is 0 Å². The first kappa shape index (κ1) is 15.6. The number of nitrogens with one attached hydrogen (secondary N) is 2. The monoisotopic (exact) mass is 244 g/mol. The molecule has 0 radical (unpaired) electrons. The van der Waals surface area contributed by atoms with E-state index in [1.807, 2.05) is 20.8 Å². The molecule has 0 aliphatic carbocycles. The first-order chi connectivity index (χ1) is 7.15. The Morgan fingerprint density at radius 3 is 2.06 bits per heavy atom. The van der Waals surface area contributed by atoms with Gasteiger partial charge in [-0.25, -0.2) is 8.78 Å². The Morgan fingerprint density at radius 2 is 1.62 bits per heavy atom. The maximum Gasteiger partial charge on any atom is 0.319 e. The average Bonchev–Trinajstić information content (AvgIpc) is 2.09. The molecule has 0 aliphatic rings. The number of rotatable bonds is 7. The summed E-state index contributed by atoms with van der Waals surface area (Å²) in [6.45, 7) is 5.96. The highest BCUT2D eigenvalue weighted by atomic mass is 19.3. The normalized spacial score (nSPS) is 13.5. The van der Waals surface area contributed by atoms with Crippen molar-refractivity contribution in [2.45, 2.75) is 45.1 Å². The molecular weight excluding hydrogens is 224 g/mol. The van der Waals surface area contributed by atoms with E-state index >= 15 is 0 Å². The molecule has 0 bridgehead atoms. The zero-order chi connectivity index (χ0) is 12.8. The standard InChI is InChI=1S/C10H20F4N2/c1-9(2,3)16-6-4-5-15-7-10(13,14)8(11)12/h8,15-16H,4-7H2,1-3H3. The van der Waals surface area contributed by atoms with Gasteiger partial charge < -0.3 is 10.6 Å². The van der Waals surface area contributed by atoms with Crippen LogP contribution in [-0.4, -0.2) is 37.5 Å². The number of halogens is 4. The molecule has 2 N–H and O–H groups in total. The lowest BCUT2D eigenvalue weighted by Gasteiger charge is -2.21. The molecule has 0 rings (SSSR count). The van der Waals surface area contributed by atoms with Crippen molar-refractivity contribution < 1.29 is 17.6 Å². The minimum Gasteiger partial charge on any atom is -0.312 e. The molecule has 0 aromatic carbocycles. The van der Waals surface area contributed by atoms with E-state index in [1.54, 1.807) is 0 Å². The molecule has 98 valence electrons. The first-order valence-electron chi connectivity index (χ1n) is 5.27. The van der Waals surface area contributed by atoms with Gasteiger partial charge in [-0.3, -0.25) is 0 Å². The zero-order valence-electron chi connectivity index (χ0n) is 9.92. The molecular formula is C10H20F4N2. The van der Waals surface area contributed by atoms with Gasteiger partial charge in [-0.1, -0.05) is 0 Å². The molecule has 0 aromatic rings. The van der Waals surface area contributed by atoms with Crippen LogP contribution in [-0.2, 0) is 0 Å². The highest BCUT2D eigenvalue weighted by molar-refractivity contribution is 4.73. The smallest absolute Gasteiger partial charge is 0.312 e. The molecule has 0 saturated carbocycles. The Balaban J connectivity index is 3.48. The lowest BCUT2D eigenvalue weighted by molar-refractivity contribution is -0.125. The molecule has 2 nitrogen and oxygen atoms in total. The highest BCUT2D eigenvalue weighted by Crippen LogP contribution is 2.21. The highest BCUT2D eigenvalue weighted by Gasteiger charge is 2.39. The average molecular weight is 244 g/mol. The summed E-state index contributed by atoms with van der Waals surface area (Å²) in [5.41, 5.74) is -0.0209. The van der Waals surface area contributed by atoms with E-state index in [9.17, 15) is 17.6 Å². The fourth-order valence-electron chi connectivity index (χ4n) is 1.01. The molecule has 0 spiro atoms. The van der Waals surface area contributed by atoms with Gasteiger partial charge in [0.2, 0.25) is 0 Å². The van der Waals surface area contributed by atoms with Crippen LogP contribution >= 0.6 is 0 Å². The summed E-state index contributed by atoms with van der Waals surface area (Å²) in [6.07, 6.45) is -2.98. The van der Waals surface area contributed by atoms with Crippen LogP contribution < -0.4 is 10.6 Å². The third kappa shape index (κ3) is 7.87. The van der Waals surface area contributed by atoms with E-state index in [0.29, 0.717) is 19.5 Å². The van der Waals surface area contributed by atoms with Gasteiger partial charge in [-0.2, -0.15) is 8.78 Å². The van der Waals surface area contributed by atoms with Gasteiger partial charge in [0.05, 0.1) is 6.54 Å². The topological polar surface area (TPSA) is 24.1 Å². The lowest BCUT2D eigenvalue weighted by Crippen LogP contribution is -2.41. The van der Waals surface area contributed by atoms with Crippen LogP contribution in [0.4, 0.5) is 17.6 Å². The zero-order valence-corrected chi connectivity index (χ0v) is 9.92. The number of hydrogen-bond donors (Lipinski definition) is 2. The minimum atomic E-state index is -3.93. The summed E-state index contributed by atoms with van der Waals surface area (Å²) in [5, 5.41) is 5.49. The fraction of sp³-hybridized carbons (Fsp3) is 1.00. The van der Waals surface area contributed by atoms with Crippen molar-refractivity contribution in [2.24, 2.45) is 0 Å². The van der Waals surface area contributed by atoms with E-state index in [0.717, 1.165) is 0 Å². The second kappa shape index (κ2) is 6.39. The van der Waals surface area contributed by atoms with E-state index in [4.69, 9.17) is 0 Å². The van der Waals surface area contributed by atoms with Crippen LogP contribution in [0.1, 0.15) is 27.2 Å². The molecule has 6 heteroatoms. The second-order valence-electron chi connectivity index (χ2n) is 4.77. The van der Waals surface area contributed by atoms with Crippen molar-refractivity contribution in [1.29, 1.82) is 0 Å². The van der Waals surface area contributed by atoms with E-state index in [1.165, 1.54) is 0 Å². The summed E-state index contributed by atoms with van der Waals surface area (Å²) in [5.74, 6) is -3.93. The van der Waals surface area contributed by atoms with Gasteiger partial charge in [0.25, 0.3) is 0 Å². The summed E-state index contributed by atoms with van der Waals surface area (Å²) in [6, 6.07) is 0. The van der Waals surface area contributed by atoms with Crippen LogP contribution in [0.15, 0.2) is 0 Å². The van der Waals surface area contributed by atoms with Crippen molar-refractivity contribution in [1.82, 2.24) is 10.6 Å². The third-order valence-electron chi connectivity index (χ3n) is 1.87. The molecule has 0 unspecified atom stereocenters. The van der Waals surface area contributed by atoms with Gasteiger partial charge in [0.1, 0.15) is 0 Å². The van der Waals surface area contributed by atoms with E-state index < -0.39 is 18.9 Å². The Morgan fingerprint density at radius 1 is 1.06 bits per heavy atom. The van der Waals surface area contributed by atoms with Crippen LogP contribution in [0.2, 0.25) is 0 Å².